The molecule has 8 heteroatoms. The normalized spacial score (nSPS) is 19.9. The molecule has 3 heterocycles. The highest BCUT2D eigenvalue weighted by atomic mass is 32.2. The highest BCUT2D eigenvalue weighted by Gasteiger charge is 2.22. The standard InChI is InChI=1S/C16H25N7S/c1-3-4-8-23-13-12-21(2)16(24-11-5-17)20-14(13)19-15(23)22-9-6-18-7-10-22/h12,16,18H,5-11,17H2,1-2H3. The first kappa shape index (κ1) is 17.1. The average Bonchev–Trinajstić information content (AvgIpc) is 2.96. The molecule has 0 radical (unpaired) electrons. The van der Waals surface area contributed by atoms with Crippen molar-refractivity contribution < 1.29 is 0 Å². The lowest BCUT2D eigenvalue weighted by Crippen LogP contribution is -2.45. The van der Waals surface area contributed by atoms with Crippen LogP contribution in [-0.4, -0.2) is 65.5 Å². The molecule has 1 atom stereocenters. The molecule has 1 fully saturated rings. The summed E-state index contributed by atoms with van der Waals surface area (Å²) in [6.07, 6.45) is 2.13. The quantitative estimate of drug-likeness (QED) is 0.638. The first-order chi connectivity index (χ1) is 11.7. The summed E-state index contributed by atoms with van der Waals surface area (Å²) in [4.78, 5) is 14.1. The van der Waals surface area contributed by atoms with Crippen molar-refractivity contribution >= 4 is 23.9 Å². The molecule has 0 aliphatic carbocycles. The Kier molecular flexibility index (Phi) is 5.66. The van der Waals surface area contributed by atoms with Crippen LogP contribution in [0.1, 0.15) is 6.92 Å². The topological polar surface area (TPSA) is 74.7 Å². The minimum atomic E-state index is 0.0394. The SMILES string of the molecule is CC#CCn1c(N2CCNCC2)nc2c1=CN(C)C(SCCN)N=2. The summed E-state index contributed by atoms with van der Waals surface area (Å²) in [7, 11) is 2.05. The largest absolute Gasteiger partial charge is 0.348 e. The van der Waals surface area contributed by atoms with Gasteiger partial charge in [-0.25, -0.2) is 4.99 Å². The van der Waals surface area contributed by atoms with Crippen molar-refractivity contribution in [1.82, 2.24) is 19.8 Å². The van der Waals surface area contributed by atoms with Crippen LogP contribution in [-0.2, 0) is 6.54 Å². The Labute approximate surface area is 147 Å². The lowest BCUT2D eigenvalue weighted by Gasteiger charge is -2.28. The summed E-state index contributed by atoms with van der Waals surface area (Å²) in [5.74, 6) is 8.01. The smallest absolute Gasteiger partial charge is 0.209 e. The van der Waals surface area contributed by atoms with E-state index in [1.54, 1.807) is 11.8 Å². The summed E-state index contributed by atoms with van der Waals surface area (Å²) >= 11 is 1.74. The number of anilines is 1. The summed E-state index contributed by atoms with van der Waals surface area (Å²) in [5.41, 5.74) is 6.48. The zero-order chi connectivity index (χ0) is 16.9. The fourth-order valence-corrected chi connectivity index (χ4v) is 3.68. The maximum absolute atomic E-state index is 5.63. The highest BCUT2D eigenvalue weighted by Crippen LogP contribution is 2.17. The zero-order valence-corrected chi connectivity index (χ0v) is 15.1. The van der Waals surface area contributed by atoms with Crippen molar-refractivity contribution in [2.24, 2.45) is 10.7 Å². The molecular weight excluding hydrogens is 322 g/mol. The Hall–Kier alpha value is -1.69. The third-order valence-corrected chi connectivity index (χ3v) is 5.28. The van der Waals surface area contributed by atoms with Gasteiger partial charge in [-0.1, -0.05) is 5.92 Å². The molecule has 0 bridgehead atoms. The van der Waals surface area contributed by atoms with E-state index in [0.29, 0.717) is 13.1 Å². The van der Waals surface area contributed by atoms with Gasteiger partial charge in [-0.2, -0.15) is 4.98 Å². The van der Waals surface area contributed by atoms with Gasteiger partial charge in [0.1, 0.15) is 5.35 Å². The molecule has 1 aromatic rings. The Balaban J connectivity index is 2.01. The molecule has 2 aliphatic heterocycles. The highest BCUT2D eigenvalue weighted by molar-refractivity contribution is 7.99. The number of nitrogens with zero attached hydrogens (tertiary/aromatic N) is 5. The van der Waals surface area contributed by atoms with Crippen LogP contribution in [0.4, 0.5) is 5.95 Å². The molecule has 0 amide bonds. The van der Waals surface area contributed by atoms with Gasteiger partial charge in [-0.15, -0.1) is 17.7 Å². The van der Waals surface area contributed by atoms with Crippen molar-refractivity contribution in [1.29, 1.82) is 0 Å². The van der Waals surface area contributed by atoms with E-state index in [4.69, 9.17) is 15.7 Å². The molecule has 1 aromatic heterocycles. The lowest BCUT2D eigenvalue weighted by molar-refractivity contribution is 0.455. The second kappa shape index (κ2) is 7.92. The predicted octanol–water partition coefficient (Wildman–Crippen LogP) is -1.41. The van der Waals surface area contributed by atoms with Crippen LogP contribution in [0.15, 0.2) is 4.99 Å². The predicted molar refractivity (Wildman–Crippen MR) is 99.1 cm³/mol. The number of nitrogens with two attached hydrogens (primary N) is 1. The fourth-order valence-electron chi connectivity index (χ4n) is 2.86. The molecule has 0 aromatic carbocycles. The van der Waals surface area contributed by atoms with Crippen LogP contribution in [0.5, 0.6) is 0 Å². The van der Waals surface area contributed by atoms with E-state index < -0.39 is 0 Å². The molecule has 1 saturated heterocycles. The van der Waals surface area contributed by atoms with Crippen LogP contribution < -0.4 is 26.8 Å². The lowest BCUT2D eigenvalue weighted by atomic mass is 10.4. The van der Waals surface area contributed by atoms with Gasteiger partial charge < -0.3 is 20.9 Å². The van der Waals surface area contributed by atoms with Gasteiger partial charge in [0.15, 0.2) is 11.0 Å². The van der Waals surface area contributed by atoms with E-state index in [9.17, 15) is 0 Å². The van der Waals surface area contributed by atoms with E-state index in [1.807, 2.05) is 14.0 Å². The van der Waals surface area contributed by atoms with Crippen LogP contribution in [0.3, 0.4) is 0 Å². The van der Waals surface area contributed by atoms with Crippen LogP contribution in [0.25, 0.3) is 6.20 Å². The van der Waals surface area contributed by atoms with Crippen molar-refractivity contribution in [3.8, 4) is 11.8 Å². The molecule has 2 aliphatic rings. The Morgan fingerprint density at radius 3 is 2.92 bits per heavy atom. The Bertz CT molecular complexity index is 739. The number of nitrogens with one attached hydrogen (secondary N) is 1. The first-order valence-electron chi connectivity index (χ1n) is 8.29. The van der Waals surface area contributed by atoms with E-state index in [0.717, 1.165) is 48.7 Å². The van der Waals surface area contributed by atoms with Crippen LogP contribution >= 0.6 is 11.8 Å². The van der Waals surface area contributed by atoms with Gasteiger partial charge >= 0.3 is 0 Å². The molecule has 3 rings (SSSR count). The van der Waals surface area contributed by atoms with E-state index in [-0.39, 0.29) is 5.50 Å². The number of aromatic nitrogens is 2. The van der Waals surface area contributed by atoms with Gasteiger partial charge in [0.25, 0.3) is 0 Å². The number of imidazole rings is 1. The number of hydrogen-bond acceptors (Lipinski definition) is 7. The summed E-state index contributed by atoms with van der Waals surface area (Å²) < 4.78 is 2.18. The molecule has 7 nitrogen and oxygen atoms in total. The van der Waals surface area contributed by atoms with E-state index in [1.165, 1.54) is 0 Å². The summed E-state index contributed by atoms with van der Waals surface area (Å²) in [6.45, 7) is 7.03. The molecule has 0 saturated carbocycles. The van der Waals surface area contributed by atoms with E-state index >= 15 is 0 Å². The maximum Gasteiger partial charge on any atom is 0.209 e. The monoisotopic (exact) mass is 347 g/mol. The second-order valence-corrected chi connectivity index (χ2v) is 6.94. The van der Waals surface area contributed by atoms with Gasteiger partial charge in [-0.05, 0) is 6.92 Å². The molecular formula is C16H25N7S. The van der Waals surface area contributed by atoms with Gasteiger partial charge in [0.05, 0.1) is 6.54 Å². The van der Waals surface area contributed by atoms with Gasteiger partial charge in [0.2, 0.25) is 5.95 Å². The first-order valence-corrected chi connectivity index (χ1v) is 9.34. The fraction of sp³-hybridized carbons (Fsp3) is 0.625. The van der Waals surface area contributed by atoms with Crippen molar-refractivity contribution in [3.05, 3.63) is 10.8 Å². The second-order valence-electron chi connectivity index (χ2n) is 5.78. The summed E-state index contributed by atoms with van der Waals surface area (Å²) in [6, 6.07) is 0. The van der Waals surface area contributed by atoms with Gasteiger partial charge in [0, 0.05) is 51.7 Å². The molecule has 24 heavy (non-hydrogen) atoms. The molecule has 1 unspecified atom stereocenters. The number of piperazine rings is 1. The van der Waals surface area contributed by atoms with Crippen LogP contribution in [0.2, 0.25) is 0 Å². The minimum Gasteiger partial charge on any atom is -0.348 e. The van der Waals surface area contributed by atoms with Crippen LogP contribution in [0, 0.1) is 11.8 Å². The summed E-state index contributed by atoms with van der Waals surface area (Å²) in [5, 5.41) is 4.42. The minimum absolute atomic E-state index is 0.0394. The zero-order valence-electron chi connectivity index (χ0n) is 14.3. The number of hydrogen-bond donors (Lipinski definition) is 2. The van der Waals surface area contributed by atoms with E-state index in [2.05, 4.69) is 37.7 Å². The third-order valence-electron chi connectivity index (χ3n) is 4.07. The number of rotatable bonds is 5. The molecule has 0 spiro atoms. The Morgan fingerprint density at radius 2 is 2.21 bits per heavy atom. The molecule has 130 valence electrons. The van der Waals surface area contributed by atoms with Crippen molar-refractivity contribution in [2.45, 2.75) is 19.0 Å². The number of thioether (sulfide) groups is 1. The Morgan fingerprint density at radius 1 is 1.42 bits per heavy atom. The molecule has 3 N–H and O–H groups in total. The van der Waals surface area contributed by atoms with Crippen molar-refractivity contribution in [3.63, 3.8) is 0 Å². The number of fused-ring (bicyclic) bond motifs is 1. The van der Waals surface area contributed by atoms with Crippen molar-refractivity contribution in [2.75, 3.05) is 50.4 Å². The average molecular weight is 347 g/mol. The van der Waals surface area contributed by atoms with Gasteiger partial charge in [-0.3, -0.25) is 4.57 Å². The maximum atomic E-state index is 5.63. The third kappa shape index (κ3) is 3.53.